The summed E-state index contributed by atoms with van der Waals surface area (Å²) in [5, 5.41) is 0.627. The van der Waals surface area contributed by atoms with Crippen molar-refractivity contribution in [2.45, 2.75) is 26.0 Å². The molecule has 1 atom stereocenters. The van der Waals surface area contributed by atoms with Gasteiger partial charge >= 0.3 is 5.97 Å². The third-order valence-electron chi connectivity index (χ3n) is 4.22. The van der Waals surface area contributed by atoms with Gasteiger partial charge in [-0.3, -0.25) is 4.79 Å². The number of hydrogen-bond donors (Lipinski definition) is 0. The van der Waals surface area contributed by atoms with E-state index in [9.17, 15) is 9.59 Å². The minimum atomic E-state index is -0.885. The Morgan fingerprint density at radius 2 is 1.84 bits per heavy atom. The molecule has 0 bridgehead atoms. The molecule has 1 amide bonds. The van der Waals surface area contributed by atoms with Crippen LogP contribution >= 0.6 is 23.2 Å². The Bertz CT molecular complexity index is 822. The number of carbonyl (C=O) groups excluding carboxylic acids is 2. The Morgan fingerprint density at radius 1 is 1.12 bits per heavy atom. The fourth-order valence-corrected chi connectivity index (χ4v) is 3.36. The second-order valence-electron chi connectivity index (χ2n) is 5.95. The van der Waals surface area contributed by atoms with Gasteiger partial charge in [0, 0.05) is 18.1 Å². The zero-order chi connectivity index (χ0) is 18.0. The first-order chi connectivity index (χ1) is 12.0. The van der Waals surface area contributed by atoms with Crippen LogP contribution in [-0.2, 0) is 22.5 Å². The van der Waals surface area contributed by atoms with E-state index < -0.39 is 12.1 Å². The highest BCUT2D eigenvalue weighted by Crippen LogP contribution is 2.23. The molecule has 2 aromatic rings. The predicted molar refractivity (Wildman–Crippen MR) is 96.9 cm³/mol. The lowest BCUT2D eigenvalue weighted by atomic mass is 9.99. The molecule has 1 heterocycles. The number of benzene rings is 2. The zero-order valence-corrected chi connectivity index (χ0v) is 15.2. The molecule has 130 valence electrons. The number of rotatable bonds is 3. The Hall–Kier alpha value is -2.04. The van der Waals surface area contributed by atoms with Gasteiger partial charge in [0.2, 0.25) is 0 Å². The van der Waals surface area contributed by atoms with Crippen LogP contribution in [0.15, 0.2) is 42.5 Å². The molecule has 0 N–H and O–H groups in total. The number of nitrogens with zero attached hydrogens (tertiary/aromatic N) is 1. The normalized spacial score (nSPS) is 14.6. The van der Waals surface area contributed by atoms with Crippen molar-refractivity contribution in [1.82, 2.24) is 4.90 Å². The number of fused-ring (bicyclic) bond motifs is 1. The molecule has 0 aromatic heterocycles. The third kappa shape index (κ3) is 3.97. The summed E-state index contributed by atoms with van der Waals surface area (Å²) in [5.41, 5.74) is 2.57. The van der Waals surface area contributed by atoms with E-state index >= 15 is 0 Å². The van der Waals surface area contributed by atoms with Crippen LogP contribution in [0.2, 0.25) is 10.0 Å². The minimum absolute atomic E-state index is 0.190. The van der Waals surface area contributed by atoms with Crippen molar-refractivity contribution in [2.75, 3.05) is 6.54 Å². The van der Waals surface area contributed by atoms with Crippen LogP contribution in [0, 0.1) is 0 Å². The predicted octanol–water partition coefficient (Wildman–Crippen LogP) is 4.12. The molecule has 4 nitrogen and oxygen atoms in total. The van der Waals surface area contributed by atoms with E-state index in [0.29, 0.717) is 18.1 Å². The Labute approximate surface area is 156 Å². The largest absolute Gasteiger partial charge is 0.449 e. The van der Waals surface area contributed by atoms with Crippen molar-refractivity contribution in [1.29, 1.82) is 0 Å². The molecule has 6 heteroatoms. The highest BCUT2D eigenvalue weighted by molar-refractivity contribution is 6.36. The van der Waals surface area contributed by atoms with E-state index in [4.69, 9.17) is 27.9 Å². The number of esters is 1. The van der Waals surface area contributed by atoms with Gasteiger partial charge in [0.25, 0.3) is 5.91 Å². The third-order valence-corrected chi connectivity index (χ3v) is 4.77. The van der Waals surface area contributed by atoms with Gasteiger partial charge < -0.3 is 9.64 Å². The molecule has 25 heavy (non-hydrogen) atoms. The van der Waals surface area contributed by atoms with Crippen molar-refractivity contribution >= 4 is 35.1 Å². The maximum atomic E-state index is 12.6. The summed E-state index contributed by atoms with van der Waals surface area (Å²) in [6.45, 7) is 2.71. The molecule has 1 aliphatic rings. The number of halogens is 2. The van der Waals surface area contributed by atoms with E-state index in [1.54, 1.807) is 17.9 Å². The summed E-state index contributed by atoms with van der Waals surface area (Å²) in [7, 11) is 0. The van der Waals surface area contributed by atoms with Gasteiger partial charge in [-0.25, -0.2) is 4.79 Å². The molecule has 0 fully saturated rings. The van der Waals surface area contributed by atoms with Crippen LogP contribution < -0.4 is 0 Å². The first kappa shape index (κ1) is 17.8. The number of hydrogen-bond acceptors (Lipinski definition) is 3. The molecular weight excluding hydrogens is 361 g/mol. The van der Waals surface area contributed by atoms with Gasteiger partial charge in [-0.15, -0.1) is 0 Å². The minimum Gasteiger partial charge on any atom is -0.449 e. The second-order valence-corrected chi connectivity index (χ2v) is 6.79. The van der Waals surface area contributed by atoms with Crippen molar-refractivity contribution in [3.63, 3.8) is 0 Å². The van der Waals surface area contributed by atoms with E-state index in [1.165, 1.54) is 17.7 Å². The summed E-state index contributed by atoms with van der Waals surface area (Å²) < 4.78 is 5.30. The van der Waals surface area contributed by atoms with Gasteiger partial charge in [0.1, 0.15) is 0 Å². The van der Waals surface area contributed by atoms with Crippen molar-refractivity contribution < 1.29 is 14.3 Å². The van der Waals surface area contributed by atoms with Gasteiger partial charge in [0.15, 0.2) is 6.10 Å². The molecule has 0 saturated carbocycles. The maximum absolute atomic E-state index is 12.6. The summed E-state index contributed by atoms with van der Waals surface area (Å²) in [6, 6.07) is 12.5. The molecule has 0 spiro atoms. The topological polar surface area (TPSA) is 46.6 Å². The molecule has 0 aliphatic carbocycles. The van der Waals surface area contributed by atoms with Gasteiger partial charge in [-0.2, -0.15) is 0 Å². The quantitative estimate of drug-likeness (QED) is 0.755. The average molecular weight is 378 g/mol. The molecule has 0 unspecified atom stereocenters. The first-order valence-electron chi connectivity index (χ1n) is 7.97. The van der Waals surface area contributed by atoms with Crippen molar-refractivity contribution in [3.05, 3.63) is 69.2 Å². The van der Waals surface area contributed by atoms with E-state index in [1.807, 2.05) is 18.2 Å². The molecule has 2 aromatic carbocycles. The van der Waals surface area contributed by atoms with Crippen LogP contribution in [0.4, 0.5) is 0 Å². The van der Waals surface area contributed by atoms with Gasteiger partial charge in [-0.1, -0.05) is 47.5 Å². The van der Waals surface area contributed by atoms with Crippen LogP contribution in [0.25, 0.3) is 0 Å². The van der Waals surface area contributed by atoms with E-state index in [0.717, 1.165) is 12.0 Å². The van der Waals surface area contributed by atoms with Gasteiger partial charge in [0.05, 0.1) is 10.6 Å². The zero-order valence-electron chi connectivity index (χ0n) is 13.7. The van der Waals surface area contributed by atoms with Crippen LogP contribution in [-0.4, -0.2) is 29.4 Å². The second kappa shape index (κ2) is 7.46. The SMILES string of the molecule is C[C@H](OC(=O)c1ccc(Cl)cc1Cl)C(=O)N1CCc2ccccc2C1. The fraction of sp³-hybridized carbons (Fsp3) is 0.263. The molecule has 3 rings (SSSR count). The molecule has 0 saturated heterocycles. The highest BCUT2D eigenvalue weighted by atomic mass is 35.5. The Morgan fingerprint density at radius 3 is 2.56 bits per heavy atom. The summed E-state index contributed by atoms with van der Waals surface area (Å²) in [6.07, 6.45) is -0.0875. The van der Waals surface area contributed by atoms with Crippen LogP contribution in [0.1, 0.15) is 28.4 Å². The summed E-state index contributed by atoms with van der Waals surface area (Å²) >= 11 is 11.8. The van der Waals surface area contributed by atoms with Gasteiger partial charge in [-0.05, 0) is 42.7 Å². The Kier molecular flexibility index (Phi) is 5.30. The molecule has 0 radical (unpaired) electrons. The smallest absolute Gasteiger partial charge is 0.340 e. The molecule has 1 aliphatic heterocycles. The molecular formula is C19H17Cl2NO3. The lowest BCUT2D eigenvalue weighted by Gasteiger charge is -2.30. The fourth-order valence-electron chi connectivity index (χ4n) is 2.87. The van der Waals surface area contributed by atoms with E-state index in [-0.39, 0.29) is 16.5 Å². The van der Waals surface area contributed by atoms with Crippen LogP contribution in [0.5, 0.6) is 0 Å². The number of ether oxygens (including phenoxy) is 1. The maximum Gasteiger partial charge on any atom is 0.340 e. The van der Waals surface area contributed by atoms with Crippen LogP contribution in [0.3, 0.4) is 0 Å². The standard InChI is InChI=1S/C19H17Cl2NO3/c1-12(25-19(24)16-7-6-15(20)10-17(16)21)18(23)22-9-8-13-4-2-3-5-14(13)11-22/h2-7,10,12H,8-9,11H2,1H3/t12-/m0/s1. The lowest BCUT2D eigenvalue weighted by Crippen LogP contribution is -2.42. The lowest BCUT2D eigenvalue weighted by molar-refractivity contribution is -0.140. The average Bonchev–Trinajstić information content (AvgIpc) is 2.60. The monoisotopic (exact) mass is 377 g/mol. The number of carbonyl (C=O) groups is 2. The summed E-state index contributed by atoms with van der Waals surface area (Å²) in [4.78, 5) is 26.6. The first-order valence-corrected chi connectivity index (χ1v) is 8.73. The summed E-state index contributed by atoms with van der Waals surface area (Å²) in [5.74, 6) is -0.854. The van der Waals surface area contributed by atoms with E-state index in [2.05, 4.69) is 6.07 Å². The Balaban J connectivity index is 1.66. The highest BCUT2D eigenvalue weighted by Gasteiger charge is 2.27. The number of amides is 1. The van der Waals surface area contributed by atoms with Crippen molar-refractivity contribution in [2.24, 2.45) is 0 Å². The van der Waals surface area contributed by atoms with Crippen molar-refractivity contribution in [3.8, 4) is 0 Å².